The van der Waals surface area contributed by atoms with Crippen LogP contribution in [0, 0.1) is 0 Å². The molecule has 0 radical (unpaired) electrons. The zero-order chi connectivity index (χ0) is 18.5. The van der Waals surface area contributed by atoms with Crippen molar-refractivity contribution in [2.45, 2.75) is 30.7 Å². The van der Waals surface area contributed by atoms with E-state index in [9.17, 15) is 28.8 Å². The van der Waals surface area contributed by atoms with Crippen LogP contribution < -0.4 is 11.2 Å². The molecule has 0 spiro atoms. The molecule has 1 aliphatic heterocycles. The van der Waals surface area contributed by atoms with Gasteiger partial charge >= 0.3 is 11.8 Å². The van der Waals surface area contributed by atoms with Crippen LogP contribution in [0.1, 0.15) is 13.2 Å². The summed E-state index contributed by atoms with van der Waals surface area (Å²) in [5.74, 6) is -3.05. The van der Waals surface area contributed by atoms with Gasteiger partial charge in [0.25, 0.3) is 11.4 Å². The lowest BCUT2D eigenvalue weighted by atomic mass is 9.95. The van der Waals surface area contributed by atoms with Crippen molar-refractivity contribution >= 4 is 28.6 Å². The standard InChI is InChI=1S/C11H14Cl2FN2O7P/c1-10(20)7(18)11(14,5-22-24(12,13)21)23-8(10)16-4-3-6(17)15(2)9(16)19/h3-4,7-8,18,20H,5H2,1-2H3/t7-,8+,10+,11+/m0/s1. The molecule has 1 aromatic rings. The first-order valence-corrected chi connectivity index (χ1v) is 9.92. The van der Waals surface area contributed by atoms with Crippen molar-refractivity contribution in [3.8, 4) is 0 Å². The van der Waals surface area contributed by atoms with E-state index in [0.29, 0.717) is 4.57 Å². The fraction of sp³-hybridized carbons (Fsp3) is 0.636. The van der Waals surface area contributed by atoms with Crippen LogP contribution in [-0.2, 0) is 20.9 Å². The summed E-state index contributed by atoms with van der Waals surface area (Å²) in [6.45, 7) is -0.145. The highest BCUT2D eigenvalue weighted by molar-refractivity contribution is 8.05. The van der Waals surface area contributed by atoms with Gasteiger partial charge in [-0.1, -0.05) is 0 Å². The van der Waals surface area contributed by atoms with Crippen molar-refractivity contribution in [1.29, 1.82) is 0 Å². The third-order valence-corrected chi connectivity index (χ3v) is 4.67. The molecule has 1 fully saturated rings. The van der Waals surface area contributed by atoms with Crippen LogP contribution in [0.3, 0.4) is 0 Å². The molecular weight excluding hydrogens is 393 g/mol. The second kappa shape index (κ2) is 6.21. The van der Waals surface area contributed by atoms with E-state index in [1.165, 1.54) is 7.05 Å². The Bertz CT molecular complexity index is 806. The number of rotatable bonds is 4. The van der Waals surface area contributed by atoms with Gasteiger partial charge in [0.05, 0.1) is 0 Å². The highest BCUT2D eigenvalue weighted by atomic mass is 35.9. The molecule has 1 aliphatic rings. The van der Waals surface area contributed by atoms with Crippen LogP contribution in [-0.4, -0.2) is 43.5 Å². The molecule has 0 bridgehead atoms. The largest absolute Gasteiger partial charge is 0.384 e. The van der Waals surface area contributed by atoms with Gasteiger partial charge in [0.15, 0.2) is 6.23 Å². The fourth-order valence-electron chi connectivity index (χ4n) is 2.32. The number of hydrogen-bond acceptors (Lipinski definition) is 7. The van der Waals surface area contributed by atoms with E-state index in [-0.39, 0.29) is 0 Å². The number of halogens is 3. The van der Waals surface area contributed by atoms with E-state index in [4.69, 9.17) is 27.2 Å². The maximum atomic E-state index is 14.8. The maximum Gasteiger partial charge on any atom is 0.380 e. The molecule has 0 saturated carbocycles. The molecule has 13 heteroatoms. The predicted molar refractivity (Wildman–Crippen MR) is 81.8 cm³/mol. The van der Waals surface area contributed by atoms with Crippen LogP contribution in [0.25, 0.3) is 0 Å². The van der Waals surface area contributed by atoms with Gasteiger partial charge in [-0.25, -0.2) is 9.18 Å². The van der Waals surface area contributed by atoms with E-state index in [1.807, 2.05) is 0 Å². The molecule has 0 unspecified atom stereocenters. The van der Waals surface area contributed by atoms with E-state index in [2.05, 4.69) is 4.52 Å². The first-order valence-electron chi connectivity index (χ1n) is 6.49. The molecule has 9 nitrogen and oxygen atoms in total. The molecule has 4 atom stereocenters. The average Bonchev–Trinajstić information content (AvgIpc) is 2.64. The molecule has 2 heterocycles. The molecular formula is C11H14Cl2FN2O7P. The molecule has 1 saturated heterocycles. The predicted octanol–water partition coefficient (Wildman–Crippen LogP) is 0.456. The van der Waals surface area contributed by atoms with Crippen molar-refractivity contribution in [1.82, 2.24) is 9.13 Å². The SMILES string of the molecule is Cn1c(=O)ccn([C@@H]2O[C@](F)(COP(=O)(Cl)Cl)[C@@H](O)[C@@]2(C)O)c1=O. The minimum absolute atomic E-state index is 0.630. The Morgan fingerprint density at radius 1 is 1.50 bits per heavy atom. The topological polar surface area (TPSA) is 120 Å². The summed E-state index contributed by atoms with van der Waals surface area (Å²) in [7, 11) is 1.17. The number of ether oxygens (including phenoxy) is 1. The summed E-state index contributed by atoms with van der Waals surface area (Å²) in [5, 5.41) is 20.4. The van der Waals surface area contributed by atoms with Gasteiger partial charge < -0.3 is 19.5 Å². The lowest BCUT2D eigenvalue weighted by Gasteiger charge is -2.27. The summed E-state index contributed by atoms with van der Waals surface area (Å²) in [6.07, 6.45) is -7.04. The lowest BCUT2D eigenvalue weighted by molar-refractivity contribution is -0.202. The molecule has 0 aromatic carbocycles. The van der Waals surface area contributed by atoms with Crippen LogP contribution in [0.5, 0.6) is 0 Å². The lowest BCUT2D eigenvalue weighted by Crippen LogP contribution is -2.50. The van der Waals surface area contributed by atoms with E-state index in [1.54, 1.807) is 0 Å². The first kappa shape index (κ1) is 19.6. The molecule has 2 N–H and O–H groups in total. The second-order valence-electron chi connectivity index (χ2n) is 5.48. The number of aromatic nitrogens is 2. The highest BCUT2D eigenvalue weighted by Gasteiger charge is 2.63. The maximum absolute atomic E-state index is 14.8. The molecule has 0 amide bonds. The van der Waals surface area contributed by atoms with Crippen molar-refractivity contribution in [2.24, 2.45) is 7.05 Å². The third-order valence-electron chi connectivity index (χ3n) is 3.65. The van der Waals surface area contributed by atoms with Gasteiger partial charge in [-0.3, -0.25) is 18.5 Å². The Hall–Kier alpha value is -0.740. The van der Waals surface area contributed by atoms with Crippen molar-refractivity contribution < 1.29 is 28.4 Å². The Labute approximate surface area is 144 Å². The summed E-state index contributed by atoms with van der Waals surface area (Å²) >= 11 is 10.3. The van der Waals surface area contributed by atoms with Gasteiger partial charge in [0.1, 0.15) is 18.3 Å². The minimum Gasteiger partial charge on any atom is -0.384 e. The summed E-state index contributed by atoms with van der Waals surface area (Å²) in [4.78, 5) is 23.5. The number of nitrogens with zero attached hydrogens (tertiary/aromatic N) is 2. The molecule has 24 heavy (non-hydrogen) atoms. The molecule has 2 rings (SSSR count). The Kier molecular flexibility index (Phi) is 5.06. The van der Waals surface area contributed by atoms with Gasteiger partial charge in [-0.05, 0) is 29.4 Å². The highest BCUT2D eigenvalue weighted by Crippen LogP contribution is 2.59. The second-order valence-corrected chi connectivity index (χ2v) is 9.75. The summed E-state index contributed by atoms with van der Waals surface area (Å²) < 4.78 is 36.7. The average molecular weight is 407 g/mol. The fourth-order valence-corrected chi connectivity index (χ4v) is 2.94. The molecule has 1 aromatic heterocycles. The number of aliphatic hydroxyl groups is 2. The monoisotopic (exact) mass is 406 g/mol. The van der Waals surface area contributed by atoms with E-state index < -0.39 is 47.7 Å². The normalized spacial score (nSPS) is 33.8. The van der Waals surface area contributed by atoms with Crippen LogP contribution in [0.4, 0.5) is 4.39 Å². The zero-order valence-corrected chi connectivity index (χ0v) is 14.8. The van der Waals surface area contributed by atoms with Gasteiger partial charge in [0.2, 0.25) is 0 Å². The van der Waals surface area contributed by atoms with E-state index >= 15 is 0 Å². The van der Waals surface area contributed by atoms with Crippen molar-refractivity contribution in [3.05, 3.63) is 33.1 Å². The van der Waals surface area contributed by atoms with Gasteiger partial charge in [0, 0.05) is 19.3 Å². The Balaban J connectivity index is 2.43. The van der Waals surface area contributed by atoms with Crippen LogP contribution in [0.15, 0.2) is 21.9 Å². The Morgan fingerprint density at radius 3 is 2.62 bits per heavy atom. The summed E-state index contributed by atoms with van der Waals surface area (Å²) in [5.41, 5.74) is -3.83. The van der Waals surface area contributed by atoms with Crippen LogP contribution >= 0.6 is 28.6 Å². The summed E-state index contributed by atoms with van der Waals surface area (Å²) in [6, 6.07) is 0.994. The van der Waals surface area contributed by atoms with Crippen molar-refractivity contribution in [3.63, 3.8) is 0 Å². The Morgan fingerprint density at radius 2 is 2.08 bits per heavy atom. The number of hydrogen-bond donors (Lipinski definition) is 2. The van der Waals surface area contributed by atoms with Gasteiger partial charge in [-0.15, -0.1) is 0 Å². The third kappa shape index (κ3) is 3.45. The zero-order valence-electron chi connectivity index (χ0n) is 12.4. The number of alkyl halides is 1. The smallest absolute Gasteiger partial charge is 0.380 e. The minimum atomic E-state index is -4.13. The quantitative estimate of drug-likeness (QED) is 0.696. The number of aliphatic hydroxyl groups excluding tert-OH is 1. The first-order chi connectivity index (χ1) is 10.8. The molecule has 0 aliphatic carbocycles. The van der Waals surface area contributed by atoms with E-state index in [0.717, 1.165) is 23.8 Å². The van der Waals surface area contributed by atoms with Crippen molar-refractivity contribution in [2.75, 3.05) is 6.61 Å². The van der Waals surface area contributed by atoms with Gasteiger partial charge in [-0.2, -0.15) is 0 Å². The molecule has 136 valence electrons. The van der Waals surface area contributed by atoms with Crippen LogP contribution in [0.2, 0.25) is 0 Å².